The van der Waals surface area contributed by atoms with E-state index in [-0.39, 0.29) is 86.6 Å². The van der Waals surface area contributed by atoms with Crippen molar-refractivity contribution in [2.75, 3.05) is 0 Å². The lowest BCUT2D eigenvalue weighted by Crippen LogP contribution is -2.18. The Labute approximate surface area is 753 Å². The number of aromatic hydroxyl groups is 1. The number of furan rings is 1. The molecule has 0 saturated carbocycles. The zero-order chi connectivity index (χ0) is 96.0. The summed E-state index contributed by atoms with van der Waals surface area (Å²) in [5.41, 5.74) is 17.7. The van der Waals surface area contributed by atoms with E-state index in [1.807, 2.05) is 41.6 Å². The molecule has 0 aromatic carbocycles. The molecular weight excluding hydrogens is 1520 g/mol. The van der Waals surface area contributed by atoms with Crippen LogP contribution in [0.2, 0.25) is 0 Å². The van der Waals surface area contributed by atoms with Crippen LogP contribution >= 0.6 is 22.7 Å². The van der Waals surface area contributed by atoms with E-state index in [1.165, 1.54) is 60.6 Å². The van der Waals surface area contributed by atoms with Crippen LogP contribution in [0.1, 0.15) is 475 Å². The molecule has 0 radical (unpaired) electrons. The van der Waals surface area contributed by atoms with E-state index >= 15 is 0 Å². The molecule has 9 aromatic heterocycles. The molecule has 0 fully saturated rings. The van der Waals surface area contributed by atoms with Crippen LogP contribution in [0.4, 0.5) is 0 Å². The summed E-state index contributed by atoms with van der Waals surface area (Å²) >= 11 is 3.66. The summed E-state index contributed by atoms with van der Waals surface area (Å²) < 4.78 is 17.4. The molecule has 121 heavy (non-hydrogen) atoms. The number of hydrogen-bond donors (Lipinski definition) is 3. The van der Waals surface area contributed by atoms with Crippen molar-refractivity contribution in [3.63, 3.8) is 0 Å². The summed E-state index contributed by atoms with van der Waals surface area (Å²) in [6.07, 6.45) is 14.1. The third-order valence-corrected chi connectivity index (χ3v) is 22.9. The SMILES string of the molecule is CC(C)(C)c1c[nH]c(C(C)(C)C)c1.CC(C)(C)c1cnc(C(C)(C)C)[nH]1.CC(C)(C)c1coc(C(C)(C)C)c1.CC(C)(C)c1coc(C(C)(C)C)n1.CC(C)(C)c1csc(C(C)(C)C)c1.CC(C)(C)c1csc(C(C)(C)C)n1.Cn1cc(C(C)(C)C)c(O)c1C(C)(C)C.Cn1cc(C(C)(C)C)cc1C(C)(C)C.Cn1cc(C(C)(C)C)nc1C(C)(C)C. The second-order valence-corrected chi connectivity index (χ2v) is 54.3. The highest BCUT2D eigenvalue weighted by atomic mass is 32.1. The van der Waals surface area contributed by atoms with Crippen LogP contribution in [0.3, 0.4) is 0 Å². The first-order valence-electron chi connectivity index (χ1n) is 44.5. The van der Waals surface area contributed by atoms with Gasteiger partial charge in [0.15, 0.2) is 5.89 Å². The van der Waals surface area contributed by atoms with Crippen molar-refractivity contribution in [2.45, 2.75) is 471 Å². The fourth-order valence-corrected chi connectivity index (χ4v) is 14.2. The van der Waals surface area contributed by atoms with E-state index in [0.717, 1.165) is 40.3 Å². The van der Waals surface area contributed by atoms with Gasteiger partial charge >= 0.3 is 0 Å². The number of H-pyrrole nitrogens is 2. The largest absolute Gasteiger partial charge is 0.506 e. The Morgan fingerprint density at radius 1 is 0.331 bits per heavy atom. The highest BCUT2D eigenvalue weighted by Gasteiger charge is 2.33. The number of imidazole rings is 2. The van der Waals surface area contributed by atoms with Gasteiger partial charge in [-0.15, -0.1) is 22.7 Å². The molecule has 0 unspecified atom stereocenters. The van der Waals surface area contributed by atoms with Crippen LogP contribution in [0, 0.1) is 0 Å². The van der Waals surface area contributed by atoms with E-state index in [0.29, 0.717) is 16.6 Å². The zero-order valence-corrected chi connectivity index (χ0v) is 90.8. The van der Waals surface area contributed by atoms with Gasteiger partial charge in [-0.3, -0.25) is 0 Å². The highest BCUT2D eigenvalue weighted by molar-refractivity contribution is 7.10. The fourth-order valence-electron chi connectivity index (χ4n) is 11.8. The van der Waals surface area contributed by atoms with Crippen LogP contribution in [-0.4, -0.2) is 48.7 Å². The van der Waals surface area contributed by atoms with Gasteiger partial charge in [0.2, 0.25) is 0 Å². The lowest BCUT2D eigenvalue weighted by molar-refractivity contribution is 0.392. The predicted octanol–water partition coefficient (Wildman–Crippen LogP) is 31.8. The van der Waals surface area contributed by atoms with Crippen molar-refractivity contribution in [2.24, 2.45) is 21.1 Å². The summed E-state index contributed by atoms with van der Waals surface area (Å²) in [6.45, 7) is 119. The van der Waals surface area contributed by atoms with Crippen molar-refractivity contribution in [1.82, 2.24) is 43.6 Å². The first-order chi connectivity index (χ1) is 53.1. The molecule has 0 spiro atoms. The van der Waals surface area contributed by atoms with E-state index < -0.39 is 0 Å². The average Bonchev–Trinajstić information content (AvgIpc) is 1.63. The molecule has 0 amide bonds. The predicted molar refractivity (Wildman–Crippen MR) is 533 cm³/mol. The molecule has 9 aromatic rings. The third-order valence-electron chi connectivity index (χ3n) is 20.3. The normalized spacial score (nSPS) is 13.4. The van der Waals surface area contributed by atoms with Crippen LogP contribution in [0.5, 0.6) is 5.75 Å². The van der Waals surface area contributed by atoms with Crippen LogP contribution in [0.25, 0.3) is 0 Å². The maximum Gasteiger partial charge on any atom is 0.199 e. The molecule has 14 heteroatoms. The third kappa shape index (κ3) is 37.2. The van der Waals surface area contributed by atoms with Crippen molar-refractivity contribution in [3.05, 3.63) is 179 Å². The van der Waals surface area contributed by atoms with E-state index in [2.05, 4.69) is 476 Å². The Morgan fingerprint density at radius 3 is 1.02 bits per heavy atom. The lowest BCUT2D eigenvalue weighted by Gasteiger charge is -2.21. The molecule has 0 atom stereocenters. The maximum atomic E-state index is 10.3. The molecule has 9 rings (SSSR count). The van der Waals surface area contributed by atoms with Crippen molar-refractivity contribution < 1.29 is 13.9 Å². The monoisotopic (exact) mass is 1710 g/mol. The Bertz CT molecular complexity index is 3840. The minimum absolute atomic E-state index is 0.00347. The summed E-state index contributed by atoms with van der Waals surface area (Å²) in [5, 5.41) is 16.0. The number of thiazole rings is 1. The smallest absolute Gasteiger partial charge is 0.199 e. The second-order valence-electron chi connectivity index (χ2n) is 52.6. The number of aromatic amines is 2. The van der Waals surface area contributed by atoms with Crippen molar-refractivity contribution >= 4 is 22.7 Å². The molecule has 12 nitrogen and oxygen atoms in total. The first kappa shape index (κ1) is 113. The Kier molecular flexibility index (Phi) is 37.2. The summed E-state index contributed by atoms with van der Waals surface area (Å²) in [7, 11) is 6.20. The van der Waals surface area contributed by atoms with Gasteiger partial charge in [0.1, 0.15) is 29.4 Å². The lowest BCUT2D eigenvalue weighted by atomic mass is 9.85. The Balaban J connectivity index is 0.000000681. The quantitative estimate of drug-likeness (QED) is 0.137. The number of aryl methyl sites for hydroxylation is 3. The molecule has 0 aliphatic heterocycles. The van der Waals surface area contributed by atoms with Gasteiger partial charge < -0.3 is 37.6 Å². The van der Waals surface area contributed by atoms with Crippen LogP contribution < -0.4 is 0 Å². The topological polar surface area (TPSA) is 144 Å². The molecule has 3 N–H and O–H groups in total. The molecular formula is C107H187N9O3S2. The van der Waals surface area contributed by atoms with Crippen LogP contribution in [-0.2, 0) is 119 Å². The van der Waals surface area contributed by atoms with E-state index in [9.17, 15) is 5.11 Å². The van der Waals surface area contributed by atoms with Gasteiger partial charge in [-0.05, 0) is 84.4 Å². The van der Waals surface area contributed by atoms with Crippen molar-refractivity contribution in [3.8, 4) is 5.75 Å². The van der Waals surface area contributed by atoms with Gasteiger partial charge in [0.05, 0.1) is 34.0 Å². The van der Waals surface area contributed by atoms with E-state index in [1.54, 1.807) is 17.6 Å². The minimum atomic E-state index is -0.0255. The Hall–Kier alpha value is -6.12. The van der Waals surface area contributed by atoms with Gasteiger partial charge in [0.25, 0.3) is 0 Å². The van der Waals surface area contributed by atoms with Gasteiger partial charge in [0, 0.05) is 150 Å². The zero-order valence-electron chi connectivity index (χ0n) is 89.2. The standard InChI is InChI=1S/C13H23NO.C13H23N.C12H22N2.C12H21N.C12H20O.C12H20S.C11H20N2.C11H19NO.C11H19NS/c1-12(2,3)9-8-14(7)11(10(9)15)13(4,5)6;1-12(2,3)10-8-11(13(4,5)6)14(7)9-10;1-11(2,3)9-8-14(7)10(13-9)12(4,5)6;3*1-11(2,3)9-7-10(13-8-9)12(4,5)6;1-10(2,3)8-7-12-9(13-8)11(4,5)6;2*1-10(2,3)8-7-13-9(12-8)11(4,5)6/h8,15H,1-7H3;8-9H,1-7H3;8H,1-7H3;7-8,13H,1-6H3;2*7-8H,1-6H3;7H,1-6H3,(H,12,13);2*7H,1-6H3. The van der Waals surface area contributed by atoms with Gasteiger partial charge in [-0.25, -0.2) is 19.9 Å². The summed E-state index contributed by atoms with van der Waals surface area (Å²) in [5.74, 6) is 4.56. The van der Waals surface area contributed by atoms with E-state index in [4.69, 9.17) is 13.8 Å². The minimum Gasteiger partial charge on any atom is -0.506 e. The molecule has 690 valence electrons. The average molecular weight is 1710 g/mol. The highest BCUT2D eigenvalue weighted by Crippen LogP contribution is 2.42. The number of nitrogens with one attached hydrogen (secondary N) is 2. The maximum absolute atomic E-state index is 10.3. The molecule has 0 aliphatic carbocycles. The number of thiophene rings is 1. The fraction of sp³-hybridized carbons (Fsp3) is 0.701. The molecule has 0 bridgehead atoms. The summed E-state index contributed by atoms with van der Waals surface area (Å²) in [4.78, 5) is 26.5. The first-order valence-corrected chi connectivity index (χ1v) is 46.3. The van der Waals surface area contributed by atoms with Crippen molar-refractivity contribution in [1.29, 1.82) is 0 Å². The Morgan fingerprint density at radius 2 is 0.802 bits per heavy atom. The molecule has 0 saturated heterocycles. The number of rotatable bonds is 0. The second kappa shape index (κ2) is 39.8. The summed E-state index contributed by atoms with van der Waals surface area (Å²) in [6, 6.07) is 9.13. The number of hydrogen-bond acceptors (Lipinski definition) is 9. The van der Waals surface area contributed by atoms with Gasteiger partial charge in [-0.1, -0.05) is 374 Å². The van der Waals surface area contributed by atoms with Gasteiger partial charge in [-0.2, -0.15) is 0 Å². The van der Waals surface area contributed by atoms with Crippen LogP contribution in [0.15, 0.2) is 87.4 Å². The molecule has 0 aliphatic rings. The number of nitrogens with zero attached hydrogens (tertiary/aromatic N) is 7. The number of aromatic nitrogens is 9. The molecule has 9 heterocycles. The number of oxazole rings is 1.